The molecule has 0 aliphatic rings. The van der Waals surface area contributed by atoms with Gasteiger partial charge in [0.15, 0.2) is 0 Å². The van der Waals surface area contributed by atoms with E-state index in [4.69, 9.17) is 0 Å². The van der Waals surface area contributed by atoms with E-state index in [1.165, 1.54) is 0 Å². The molecule has 3 heteroatoms. The fourth-order valence-corrected chi connectivity index (χ4v) is 1.36. The lowest BCUT2D eigenvalue weighted by Crippen LogP contribution is -1.78. The summed E-state index contributed by atoms with van der Waals surface area (Å²) in [6.45, 7) is 0. The van der Waals surface area contributed by atoms with Gasteiger partial charge in [-0.2, -0.15) is 0 Å². The van der Waals surface area contributed by atoms with Gasteiger partial charge in [-0.05, 0) is 24.3 Å². The highest BCUT2D eigenvalue weighted by atomic mass is 32.1. The molecule has 1 aromatic heterocycles. The lowest BCUT2D eigenvalue weighted by molar-refractivity contribution is 1.35. The van der Waals surface area contributed by atoms with Crippen molar-refractivity contribution in [2.24, 2.45) is 4.99 Å². The Bertz CT molecular complexity index is 432. The highest BCUT2D eigenvalue weighted by Gasteiger charge is 1.93. The van der Waals surface area contributed by atoms with Crippen LogP contribution in [0.15, 0.2) is 52.5 Å². The third kappa shape index (κ3) is 2.06. The molecule has 0 aliphatic heterocycles. The third-order valence-electron chi connectivity index (χ3n) is 1.85. The van der Waals surface area contributed by atoms with Crippen LogP contribution >= 0.6 is 12.6 Å². The van der Waals surface area contributed by atoms with Crippen LogP contribution in [0.25, 0.3) is 0 Å². The Morgan fingerprint density at radius 2 is 2.00 bits per heavy atom. The molecule has 14 heavy (non-hydrogen) atoms. The summed E-state index contributed by atoms with van der Waals surface area (Å²) in [6, 6.07) is 11.6. The molecular formula is C11H10N2S. The molecule has 2 rings (SSSR count). The normalized spacial score (nSPS) is 10.9. The van der Waals surface area contributed by atoms with Gasteiger partial charge in [0, 0.05) is 11.1 Å². The van der Waals surface area contributed by atoms with Gasteiger partial charge in [-0.25, -0.2) is 0 Å². The topological polar surface area (TPSA) is 28.1 Å². The highest BCUT2D eigenvalue weighted by Crippen LogP contribution is 2.21. The average Bonchev–Trinajstić information content (AvgIpc) is 2.69. The molecular weight excluding hydrogens is 192 g/mol. The second-order valence-corrected chi connectivity index (χ2v) is 3.35. The number of rotatable bonds is 2. The molecule has 0 radical (unpaired) electrons. The molecule has 0 bridgehead atoms. The van der Waals surface area contributed by atoms with Crippen LogP contribution < -0.4 is 0 Å². The number of aromatic nitrogens is 1. The number of nitrogens with zero attached hydrogens (tertiary/aromatic N) is 1. The number of hydrogen-bond acceptors (Lipinski definition) is 2. The summed E-state index contributed by atoms with van der Waals surface area (Å²) in [5.74, 6) is 0. The van der Waals surface area contributed by atoms with E-state index in [9.17, 15) is 0 Å². The van der Waals surface area contributed by atoms with Gasteiger partial charge in [-0.15, -0.1) is 12.6 Å². The van der Waals surface area contributed by atoms with Crippen LogP contribution in [0.5, 0.6) is 0 Å². The molecule has 1 aromatic carbocycles. The fraction of sp³-hybridized carbons (Fsp3) is 0. The maximum Gasteiger partial charge on any atom is 0.0763 e. The molecule has 0 aliphatic carbocycles. The van der Waals surface area contributed by atoms with Crippen molar-refractivity contribution in [1.82, 2.24) is 4.98 Å². The molecule has 2 aromatic rings. The summed E-state index contributed by atoms with van der Waals surface area (Å²) in [4.78, 5) is 8.25. The van der Waals surface area contributed by atoms with Crippen molar-refractivity contribution >= 4 is 24.5 Å². The molecule has 0 saturated heterocycles. The van der Waals surface area contributed by atoms with Gasteiger partial charge in [0.25, 0.3) is 0 Å². The summed E-state index contributed by atoms with van der Waals surface area (Å²) in [5, 5.41) is 0. The Labute approximate surface area is 88.1 Å². The van der Waals surface area contributed by atoms with E-state index < -0.39 is 0 Å². The summed E-state index contributed by atoms with van der Waals surface area (Å²) in [6.07, 6.45) is 3.66. The van der Waals surface area contributed by atoms with Gasteiger partial charge >= 0.3 is 0 Å². The van der Waals surface area contributed by atoms with Crippen LogP contribution in [-0.2, 0) is 0 Å². The number of nitrogens with one attached hydrogen (secondary N) is 1. The Morgan fingerprint density at radius 3 is 2.71 bits per heavy atom. The van der Waals surface area contributed by atoms with E-state index in [1.54, 1.807) is 6.21 Å². The zero-order valence-corrected chi connectivity index (χ0v) is 8.41. The molecule has 70 valence electrons. The van der Waals surface area contributed by atoms with E-state index in [0.29, 0.717) is 0 Å². The minimum atomic E-state index is 0.880. The Balaban J connectivity index is 2.23. The van der Waals surface area contributed by atoms with Crippen molar-refractivity contribution < 1.29 is 0 Å². The maximum atomic E-state index is 4.32. The predicted molar refractivity (Wildman–Crippen MR) is 61.7 cm³/mol. The second-order valence-electron chi connectivity index (χ2n) is 2.87. The van der Waals surface area contributed by atoms with Crippen LogP contribution in [0.2, 0.25) is 0 Å². The van der Waals surface area contributed by atoms with E-state index in [1.807, 2.05) is 42.6 Å². The number of aromatic amines is 1. The first-order valence-corrected chi connectivity index (χ1v) is 4.76. The zero-order chi connectivity index (χ0) is 9.80. The largest absolute Gasteiger partial charge is 0.360 e. The molecule has 1 N–H and O–H groups in total. The summed E-state index contributed by atoms with van der Waals surface area (Å²) in [5.41, 5.74) is 1.87. The molecule has 0 amide bonds. The first kappa shape index (κ1) is 9.09. The Morgan fingerprint density at radius 1 is 1.14 bits per heavy atom. The zero-order valence-electron chi connectivity index (χ0n) is 7.51. The molecule has 1 heterocycles. The minimum absolute atomic E-state index is 0.880. The molecule has 0 unspecified atom stereocenters. The van der Waals surface area contributed by atoms with Crippen molar-refractivity contribution in [3.63, 3.8) is 0 Å². The van der Waals surface area contributed by atoms with E-state index >= 15 is 0 Å². The lowest BCUT2D eigenvalue weighted by Gasteiger charge is -1.96. The number of hydrogen-bond donors (Lipinski definition) is 2. The summed E-state index contributed by atoms with van der Waals surface area (Å²) < 4.78 is 0. The molecule has 0 spiro atoms. The van der Waals surface area contributed by atoms with E-state index in [0.717, 1.165) is 16.3 Å². The van der Waals surface area contributed by atoms with E-state index in [-0.39, 0.29) is 0 Å². The highest BCUT2D eigenvalue weighted by molar-refractivity contribution is 7.80. The van der Waals surface area contributed by atoms with Gasteiger partial charge in [0.1, 0.15) is 0 Å². The van der Waals surface area contributed by atoms with Crippen LogP contribution in [-0.4, -0.2) is 11.2 Å². The smallest absolute Gasteiger partial charge is 0.0763 e. The van der Waals surface area contributed by atoms with Crippen LogP contribution in [0.3, 0.4) is 0 Å². The van der Waals surface area contributed by atoms with Crippen LogP contribution in [0, 0.1) is 0 Å². The van der Waals surface area contributed by atoms with Crippen molar-refractivity contribution in [2.75, 3.05) is 0 Å². The first-order valence-electron chi connectivity index (χ1n) is 4.32. The minimum Gasteiger partial charge on any atom is -0.360 e. The van der Waals surface area contributed by atoms with Crippen molar-refractivity contribution in [3.8, 4) is 0 Å². The third-order valence-corrected chi connectivity index (χ3v) is 2.22. The van der Waals surface area contributed by atoms with Gasteiger partial charge in [-0.3, -0.25) is 4.99 Å². The average molecular weight is 202 g/mol. The number of benzene rings is 1. The standard InChI is InChI=1S/C11H10N2S/c14-11-6-2-1-5-10(11)13-8-9-4-3-7-12-9/h1-8,12,14H. The second kappa shape index (κ2) is 4.15. The van der Waals surface area contributed by atoms with Gasteiger partial charge in [-0.1, -0.05) is 12.1 Å². The molecule has 0 atom stereocenters. The molecule has 0 saturated carbocycles. The van der Waals surface area contributed by atoms with Gasteiger partial charge in [0.05, 0.1) is 17.6 Å². The lowest BCUT2D eigenvalue weighted by atomic mass is 10.3. The Kier molecular flexibility index (Phi) is 2.70. The Hall–Kier alpha value is -1.48. The monoisotopic (exact) mass is 202 g/mol. The summed E-state index contributed by atoms with van der Waals surface area (Å²) in [7, 11) is 0. The maximum absolute atomic E-state index is 4.32. The fourth-order valence-electron chi connectivity index (χ4n) is 1.14. The SMILES string of the molecule is Sc1ccccc1N=Cc1ccc[nH]1. The van der Waals surface area contributed by atoms with Gasteiger partial charge in [0.2, 0.25) is 0 Å². The van der Waals surface area contributed by atoms with Gasteiger partial charge < -0.3 is 4.98 Å². The van der Waals surface area contributed by atoms with Crippen molar-refractivity contribution in [2.45, 2.75) is 4.90 Å². The number of aliphatic imine (C=N–C) groups is 1. The number of thiol groups is 1. The predicted octanol–water partition coefficient (Wildman–Crippen LogP) is 3.05. The summed E-state index contributed by atoms with van der Waals surface area (Å²) >= 11 is 4.31. The quantitative estimate of drug-likeness (QED) is 0.553. The molecule has 2 nitrogen and oxygen atoms in total. The van der Waals surface area contributed by atoms with Crippen molar-refractivity contribution in [1.29, 1.82) is 0 Å². The van der Waals surface area contributed by atoms with Crippen LogP contribution in [0.1, 0.15) is 5.69 Å². The first-order chi connectivity index (χ1) is 6.86. The number of para-hydroxylation sites is 1. The van der Waals surface area contributed by atoms with Crippen LogP contribution in [0.4, 0.5) is 5.69 Å². The number of H-pyrrole nitrogens is 1. The molecule has 0 fully saturated rings. The van der Waals surface area contributed by atoms with Crippen molar-refractivity contribution in [3.05, 3.63) is 48.3 Å². The van der Waals surface area contributed by atoms with E-state index in [2.05, 4.69) is 22.6 Å².